The third-order valence-corrected chi connectivity index (χ3v) is 9.11. The molecule has 0 bridgehead atoms. The molecule has 1 atom stereocenters. The maximum atomic E-state index is 14.1. The van der Waals surface area contributed by atoms with Gasteiger partial charge in [-0.25, -0.2) is 4.79 Å². The Labute approximate surface area is 241 Å². The van der Waals surface area contributed by atoms with Gasteiger partial charge in [0.15, 0.2) is 11.6 Å². The van der Waals surface area contributed by atoms with E-state index in [-0.39, 0.29) is 11.7 Å². The molecule has 1 N–H and O–H groups in total. The minimum atomic E-state index is -1.14. The maximum Gasteiger partial charge on any atom is 0.439 e. The zero-order chi connectivity index (χ0) is 28.6. The summed E-state index contributed by atoms with van der Waals surface area (Å²) in [5, 5.41) is 4.58. The van der Waals surface area contributed by atoms with Gasteiger partial charge < -0.3 is 0 Å². The molecule has 2 aromatic heterocycles. The van der Waals surface area contributed by atoms with Crippen LogP contribution >= 0.6 is 11.3 Å². The highest BCUT2D eigenvalue weighted by molar-refractivity contribution is 7.16. The molecular weight excluding hydrogens is 534 g/mol. The van der Waals surface area contributed by atoms with Crippen LogP contribution in [-0.2, 0) is 24.2 Å². The number of aromatic amines is 1. The summed E-state index contributed by atoms with van der Waals surface area (Å²) in [5.74, 6) is -0.479. The van der Waals surface area contributed by atoms with Gasteiger partial charge in [-0.15, -0.1) is 11.3 Å². The first-order valence-corrected chi connectivity index (χ1v) is 14.5. The second-order valence-electron chi connectivity index (χ2n) is 10.5. The smallest absolute Gasteiger partial charge is 0.298 e. The van der Waals surface area contributed by atoms with Crippen molar-refractivity contribution >= 4 is 28.0 Å². The first kappa shape index (κ1) is 26.7. The molecule has 41 heavy (non-hydrogen) atoms. The van der Waals surface area contributed by atoms with Gasteiger partial charge in [-0.05, 0) is 54.5 Å². The monoisotopic (exact) mass is 563 g/mol. The van der Waals surface area contributed by atoms with Crippen molar-refractivity contribution in [3.63, 3.8) is 0 Å². The van der Waals surface area contributed by atoms with Gasteiger partial charge in [-0.2, -0.15) is 0 Å². The largest absolute Gasteiger partial charge is 0.439 e. The Bertz CT molecular complexity index is 1780. The Kier molecular flexibility index (Phi) is 7.01. The molecule has 8 heteroatoms. The lowest BCUT2D eigenvalue weighted by Gasteiger charge is -2.38. The number of nitrogens with one attached hydrogen (secondary N) is 1. The Morgan fingerprint density at radius 2 is 1.59 bits per heavy atom. The fourth-order valence-electron chi connectivity index (χ4n) is 5.42. The predicted molar refractivity (Wildman–Crippen MR) is 160 cm³/mol. The van der Waals surface area contributed by atoms with E-state index in [0.717, 1.165) is 44.1 Å². The molecule has 6 rings (SSSR count). The number of benzene rings is 3. The quantitative estimate of drug-likeness (QED) is 0.212. The SMILES string of the molecule is CCc1cc2c(s1)N(Cc1ccc(-c3ccccc3-c3noc(=O)[nH]3)cc1)C(=O)C(C)(CCc1ccccc1)C2=O. The van der Waals surface area contributed by atoms with Gasteiger partial charge >= 0.3 is 5.76 Å². The number of aromatic nitrogens is 2. The lowest BCUT2D eigenvalue weighted by Crippen LogP contribution is -2.51. The lowest BCUT2D eigenvalue weighted by atomic mass is 9.74. The van der Waals surface area contributed by atoms with Crippen molar-refractivity contribution in [3.05, 3.63) is 117 Å². The van der Waals surface area contributed by atoms with Crippen molar-refractivity contribution in [1.82, 2.24) is 10.1 Å². The van der Waals surface area contributed by atoms with E-state index >= 15 is 0 Å². The highest BCUT2D eigenvalue weighted by Gasteiger charge is 2.49. The number of hydrogen-bond donors (Lipinski definition) is 1. The number of nitrogens with zero attached hydrogens (tertiary/aromatic N) is 2. The number of Topliss-reactive ketones (excluding diaryl/α,β-unsaturated/α-hetero) is 1. The summed E-state index contributed by atoms with van der Waals surface area (Å²) in [4.78, 5) is 44.9. The molecule has 7 nitrogen and oxygen atoms in total. The average molecular weight is 564 g/mol. The molecule has 0 spiro atoms. The Morgan fingerprint density at radius 1 is 0.878 bits per heavy atom. The number of thiophene rings is 1. The third-order valence-electron chi connectivity index (χ3n) is 7.80. The van der Waals surface area contributed by atoms with Crippen LogP contribution in [0.4, 0.5) is 5.00 Å². The Hall–Kier alpha value is -4.56. The van der Waals surface area contributed by atoms with Crippen molar-refractivity contribution in [3.8, 4) is 22.5 Å². The molecule has 0 radical (unpaired) electrons. The molecule has 206 valence electrons. The number of rotatable bonds is 8. The van der Waals surface area contributed by atoms with E-state index in [1.54, 1.807) is 11.8 Å². The van der Waals surface area contributed by atoms with E-state index < -0.39 is 11.2 Å². The number of hydrogen-bond acceptors (Lipinski definition) is 6. The van der Waals surface area contributed by atoms with E-state index in [1.807, 2.05) is 84.9 Å². The van der Waals surface area contributed by atoms with Gasteiger partial charge in [0.05, 0.1) is 12.1 Å². The first-order chi connectivity index (χ1) is 19.9. The molecular formula is C33H29N3O4S. The Balaban J connectivity index is 1.31. The van der Waals surface area contributed by atoms with E-state index in [2.05, 4.69) is 17.1 Å². The summed E-state index contributed by atoms with van der Waals surface area (Å²) < 4.78 is 4.71. The zero-order valence-corrected chi connectivity index (χ0v) is 23.7. The van der Waals surface area contributed by atoms with Crippen LogP contribution in [0.25, 0.3) is 22.5 Å². The number of H-pyrrole nitrogens is 1. The molecule has 0 fully saturated rings. The molecule has 0 saturated heterocycles. The highest BCUT2D eigenvalue weighted by atomic mass is 32.1. The minimum absolute atomic E-state index is 0.0847. The van der Waals surface area contributed by atoms with Crippen LogP contribution in [-0.4, -0.2) is 21.8 Å². The first-order valence-electron chi connectivity index (χ1n) is 13.7. The van der Waals surface area contributed by atoms with Crippen molar-refractivity contribution < 1.29 is 14.1 Å². The van der Waals surface area contributed by atoms with Crippen molar-refractivity contribution in [2.24, 2.45) is 5.41 Å². The number of ketones is 1. The van der Waals surface area contributed by atoms with Crippen molar-refractivity contribution in [2.45, 2.75) is 39.7 Å². The number of fused-ring (bicyclic) bond motifs is 1. The van der Waals surface area contributed by atoms with Crippen LogP contribution in [0.3, 0.4) is 0 Å². The molecule has 5 aromatic rings. The average Bonchev–Trinajstić information content (AvgIpc) is 3.65. The van der Waals surface area contributed by atoms with Crippen molar-refractivity contribution in [1.29, 1.82) is 0 Å². The van der Waals surface area contributed by atoms with Crippen molar-refractivity contribution in [2.75, 3.05) is 4.90 Å². The lowest BCUT2D eigenvalue weighted by molar-refractivity contribution is -0.125. The minimum Gasteiger partial charge on any atom is -0.298 e. The molecule has 0 saturated carbocycles. The van der Waals surface area contributed by atoms with Gasteiger partial charge in [0.2, 0.25) is 5.91 Å². The van der Waals surface area contributed by atoms with Gasteiger partial charge in [0.25, 0.3) is 0 Å². The van der Waals surface area contributed by atoms with E-state index in [0.29, 0.717) is 30.8 Å². The predicted octanol–water partition coefficient (Wildman–Crippen LogP) is 6.69. The highest BCUT2D eigenvalue weighted by Crippen LogP contribution is 2.45. The summed E-state index contributed by atoms with van der Waals surface area (Å²) in [6.07, 6.45) is 1.90. The summed E-state index contributed by atoms with van der Waals surface area (Å²) >= 11 is 1.53. The zero-order valence-electron chi connectivity index (χ0n) is 22.8. The molecule has 1 aliphatic heterocycles. The van der Waals surface area contributed by atoms with Crippen LogP contribution < -0.4 is 10.7 Å². The van der Waals surface area contributed by atoms with E-state index in [9.17, 15) is 14.4 Å². The van der Waals surface area contributed by atoms with E-state index in [1.165, 1.54) is 11.3 Å². The summed E-state index contributed by atoms with van der Waals surface area (Å²) in [6.45, 7) is 4.23. The van der Waals surface area contributed by atoms with Crippen LogP contribution in [0, 0.1) is 5.41 Å². The Morgan fingerprint density at radius 3 is 2.27 bits per heavy atom. The van der Waals surface area contributed by atoms with Crippen LogP contribution in [0.15, 0.2) is 94.2 Å². The van der Waals surface area contributed by atoms with Gasteiger partial charge in [-0.1, -0.05) is 90.9 Å². The number of carbonyl (C=O) groups is 2. The fourth-order valence-corrected chi connectivity index (χ4v) is 6.50. The number of amides is 1. The third kappa shape index (κ3) is 4.95. The maximum absolute atomic E-state index is 14.1. The second kappa shape index (κ2) is 10.8. The number of aryl methyl sites for hydroxylation is 2. The number of carbonyl (C=O) groups excluding carboxylic acids is 2. The topological polar surface area (TPSA) is 96.3 Å². The molecule has 1 amide bonds. The normalized spacial score (nSPS) is 16.7. The summed E-state index contributed by atoms with van der Waals surface area (Å²) in [6, 6.07) is 27.6. The molecule has 1 unspecified atom stereocenters. The van der Waals surface area contributed by atoms with Gasteiger partial charge in [0.1, 0.15) is 10.4 Å². The van der Waals surface area contributed by atoms with Gasteiger partial charge in [0, 0.05) is 10.4 Å². The second-order valence-corrected chi connectivity index (χ2v) is 11.6. The fraction of sp³-hybridized carbons (Fsp3) is 0.212. The van der Waals surface area contributed by atoms with Crippen LogP contribution in [0.5, 0.6) is 0 Å². The summed E-state index contributed by atoms with van der Waals surface area (Å²) in [7, 11) is 0. The molecule has 3 aromatic carbocycles. The van der Waals surface area contributed by atoms with Crippen LogP contribution in [0.2, 0.25) is 0 Å². The number of anilines is 1. The van der Waals surface area contributed by atoms with Gasteiger partial charge in [-0.3, -0.25) is 24.0 Å². The van der Waals surface area contributed by atoms with E-state index in [4.69, 9.17) is 4.52 Å². The molecule has 0 aliphatic carbocycles. The standard InChI is InChI=1S/C33H29N3O4S/c1-3-24-19-27-28(37)33(2,18-17-21-9-5-4-6-10-21)31(38)36(30(27)41-24)20-22-13-15-23(16-14-22)25-11-7-8-12-26(25)29-34-32(39)40-35-29/h4-16,19H,3,17-18,20H2,1-2H3,(H,34,35,39). The molecule has 1 aliphatic rings. The molecule has 3 heterocycles. The van der Waals surface area contributed by atoms with Crippen LogP contribution in [0.1, 0.15) is 46.6 Å². The summed E-state index contributed by atoms with van der Waals surface area (Å²) in [5.41, 5.74) is 4.15.